The average molecular weight is 312 g/mol. The number of anilines is 1. The topological polar surface area (TPSA) is 25.4 Å². The molecule has 23 heavy (non-hydrogen) atoms. The van der Waals surface area contributed by atoms with Crippen LogP contribution in [0.2, 0.25) is 0 Å². The Morgan fingerprint density at radius 1 is 1.22 bits per heavy atom. The van der Waals surface area contributed by atoms with Crippen LogP contribution >= 0.6 is 0 Å². The SMILES string of the molecule is CCc1cc(N2CCC(OCC(C)C)CC2)c2ccccc2n1. The minimum atomic E-state index is 0.424. The molecule has 0 N–H and O–H groups in total. The molecule has 124 valence electrons. The molecule has 0 amide bonds. The number of benzene rings is 1. The molecule has 0 saturated carbocycles. The van der Waals surface area contributed by atoms with Crippen molar-refractivity contribution in [3.05, 3.63) is 36.0 Å². The van der Waals surface area contributed by atoms with Gasteiger partial charge in [0.05, 0.1) is 11.6 Å². The van der Waals surface area contributed by atoms with Gasteiger partial charge in [0.25, 0.3) is 0 Å². The molecule has 3 heteroatoms. The van der Waals surface area contributed by atoms with Crippen LogP contribution in [0.1, 0.15) is 39.3 Å². The molecular formula is C20H28N2O. The van der Waals surface area contributed by atoms with Crippen LogP contribution in [-0.4, -0.2) is 30.8 Å². The van der Waals surface area contributed by atoms with Crippen molar-refractivity contribution in [3.8, 4) is 0 Å². The van der Waals surface area contributed by atoms with Gasteiger partial charge in [-0.3, -0.25) is 4.98 Å². The summed E-state index contributed by atoms with van der Waals surface area (Å²) in [5.41, 5.74) is 3.63. The largest absolute Gasteiger partial charge is 0.378 e. The molecule has 2 aromatic rings. The fourth-order valence-corrected chi connectivity index (χ4v) is 3.24. The van der Waals surface area contributed by atoms with Gasteiger partial charge in [-0.05, 0) is 37.3 Å². The Morgan fingerprint density at radius 2 is 1.96 bits per heavy atom. The second kappa shape index (κ2) is 7.31. The van der Waals surface area contributed by atoms with Crippen LogP contribution in [0.4, 0.5) is 5.69 Å². The summed E-state index contributed by atoms with van der Waals surface area (Å²) in [6.45, 7) is 9.62. The number of fused-ring (bicyclic) bond motifs is 1. The number of hydrogen-bond donors (Lipinski definition) is 0. The fraction of sp³-hybridized carbons (Fsp3) is 0.550. The second-order valence-electron chi connectivity index (χ2n) is 6.92. The fourth-order valence-electron chi connectivity index (χ4n) is 3.24. The third-order valence-electron chi connectivity index (χ3n) is 4.56. The number of piperidine rings is 1. The lowest BCUT2D eigenvalue weighted by molar-refractivity contribution is 0.0215. The highest BCUT2D eigenvalue weighted by atomic mass is 16.5. The summed E-state index contributed by atoms with van der Waals surface area (Å²) in [5, 5.41) is 1.27. The Labute approximate surface area is 139 Å². The first-order valence-corrected chi connectivity index (χ1v) is 8.92. The normalized spacial score (nSPS) is 16.4. The third-order valence-corrected chi connectivity index (χ3v) is 4.56. The lowest BCUT2D eigenvalue weighted by Gasteiger charge is -2.34. The van der Waals surface area contributed by atoms with Gasteiger partial charge in [-0.1, -0.05) is 39.0 Å². The van der Waals surface area contributed by atoms with E-state index in [1.165, 1.54) is 16.8 Å². The Bertz CT molecular complexity index is 645. The first-order valence-electron chi connectivity index (χ1n) is 8.92. The van der Waals surface area contributed by atoms with Crippen LogP contribution < -0.4 is 4.90 Å². The van der Waals surface area contributed by atoms with Crippen molar-refractivity contribution in [2.45, 2.75) is 46.1 Å². The molecule has 1 saturated heterocycles. The van der Waals surface area contributed by atoms with Gasteiger partial charge >= 0.3 is 0 Å². The zero-order valence-electron chi connectivity index (χ0n) is 14.6. The number of hydrogen-bond acceptors (Lipinski definition) is 3. The molecule has 0 unspecified atom stereocenters. The molecule has 0 bridgehead atoms. The van der Waals surface area contributed by atoms with Crippen LogP contribution in [0.25, 0.3) is 10.9 Å². The van der Waals surface area contributed by atoms with Gasteiger partial charge in [0.1, 0.15) is 0 Å². The van der Waals surface area contributed by atoms with E-state index in [1.807, 2.05) is 0 Å². The van der Waals surface area contributed by atoms with E-state index in [1.54, 1.807) is 0 Å². The summed E-state index contributed by atoms with van der Waals surface area (Å²) in [6, 6.07) is 10.8. The van der Waals surface area contributed by atoms with Crippen LogP contribution in [0, 0.1) is 5.92 Å². The second-order valence-corrected chi connectivity index (χ2v) is 6.92. The molecule has 1 aliphatic heterocycles. The Kier molecular flexibility index (Phi) is 5.16. The van der Waals surface area contributed by atoms with Crippen LogP contribution in [-0.2, 0) is 11.2 Å². The van der Waals surface area contributed by atoms with E-state index >= 15 is 0 Å². The van der Waals surface area contributed by atoms with Gasteiger partial charge in [0.15, 0.2) is 0 Å². The molecule has 1 aliphatic rings. The monoisotopic (exact) mass is 312 g/mol. The number of para-hydroxylation sites is 1. The summed E-state index contributed by atoms with van der Waals surface area (Å²) >= 11 is 0. The number of pyridine rings is 1. The van der Waals surface area contributed by atoms with Crippen molar-refractivity contribution < 1.29 is 4.74 Å². The van der Waals surface area contributed by atoms with Gasteiger partial charge in [0, 0.05) is 36.5 Å². The molecule has 1 aromatic heterocycles. The molecule has 0 atom stereocenters. The van der Waals surface area contributed by atoms with E-state index in [-0.39, 0.29) is 0 Å². The van der Waals surface area contributed by atoms with E-state index in [0.29, 0.717) is 12.0 Å². The lowest BCUT2D eigenvalue weighted by atomic mass is 10.0. The molecule has 0 radical (unpaired) electrons. The summed E-state index contributed by atoms with van der Waals surface area (Å²) in [4.78, 5) is 7.27. The van der Waals surface area contributed by atoms with Gasteiger partial charge in [-0.25, -0.2) is 0 Å². The quantitative estimate of drug-likeness (QED) is 0.816. The van der Waals surface area contributed by atoms with Crippen LogP contribution in [0.15, 0.2) is 30.3 Å². The minimum Gasteiger partial charge on any atom is -0.378 e. The maximum absolute atomic E-state index is 6.02. The van der Waals surface area contributed by atoms with Crippen molar-refractivity contribution in [2.75, 3.05) is 24.6 Å². The minimum absolute atomic E-state index is 0.424. The van der Waals surface area contributed by atoms with Gasteiger partial charge in [-0.15, -0.1) is 0 Å². The van der Waals surface area contributed by atoms with E-state index in [2.05, 4.69) is 56.0 Å². The number of nitrogens with zero attached hydrogens (tertiary/aromatic N) is 2. The number of ether oxygens (including phenoxy) is 1. The maximum Gasteiger partial charge on any atom is 0.0726 e. The summed E-state index contributed by atoms with van der Waals surface area (Å²) in [6.07, 6.45) is 3.63. The highest BCUT2D eigenvalue weighted by molar-refractivity contribution is 5.92. The van der Waals surface area contributed by atoms with Crippen molar-refractivity contribution in [2.24, 2.45) is 5.92 Å². The first kappa shape index (κ1) is 16.3. The molecule has 3 rings (SSSR count). The van der Waals surface area contributed by atoms with Gasteiger partial charge < -0.3 is 9.64 Å². The third kappa shape index (κ3) is 3.84. The zero-order valence-corrected chi connectivity index (χ0v) is 14.6. The number of aromatic nitrogens is 1. The maximum atomic E-state index is 6.02. The van der Waals surface area contributed by atoms with Crippen molar-refractivity contribution in [1.82, 2.24) is 4.98 Å². The lowest BCUT2D eigenvalue weighted by Crippen LogP contribution is -2.37. The van der Waals surface area contributed by atoms with Crippen molar-refractivity contribution >= 4 is 16.6 Å². The Balaban J connectivity index is 1.76. The molecule has 1 aromatic carbocycles. The molecule has 0 spiro atoms. The van der Waals surface area contributed by atoms with E-state index in [0.717, 1.165) is 44.5 Å². The Hall–Kier alpha value is -1.61. The van der Waals surface area contributed by atoms with Crippen molar-refractivity contribution in [3.63, 3.8) is 0 Å². The first-order chi connectivity index (χ1) is 11.2. The zero-order chi connectivity index (χ0) is 16.2. The average Bonchev–Trinajstić information content (AvgIpc) is 2.59. The molecular weight excluding hydrogens is 284 g/mol. The van der Waals surface area contributed by atoms with E-state index in [9.17, 15) is 0 Å². The smallest absolute Gasteiger partial charge is 0.0726 e. The van der Waals surface area contributed by atoms with E-state index < -0.39 is 0 Å². The van der Waals surface area contributed by atoms with Gasteiger partial charge in [0.2, 0.25) is 0 Å². The molecule has 2 heterocycles. The molecule has 1 fully saturated rings. The summed E-state index contributed by atoms with van der Waals surface area (Å²) in [7, 11) is 0. The number of rotatable bonds is 5. The van der Waals surface area contributed by atoms with E-state index in [4.69, 9.17) is 9.72 Å². The predicted molar refractivity (Wildman–Crippen MR) is 97.1 cm³/mol. The summed E-state index contributed by atoms with van der Waals surface area (Å²) in [5.74, 6) is 0.615. The highest BCUT2D eigenvalue weighted by Crippen LogP contribution is 2.29. The standard InChI is InChI=1S/C20H28N2O/c1-4-16-13-20(18-7-5-6-8-19(18)21-16)22-11-9-17(10-12-22)23-14-15(2)3/h5-8,13,15,17H,4,9-12,14H2,1-3H3. The van der Waals surface area contributed by atoms with Crippen molar-refractivity contribution in [1.29, 1.82) is 0 Å². The van der Waals surface area contributed by atoms with Crippen LogP contribution in [0.5, 0.6) is 0 Å². The highest BCUT2D eigenvalue weighted by Gasteiger charge is 2.21. The van der Waals surface area contributed by atoms with Gasteiger partial charge in [-0.2, -0.15) is 0 Å². The molecule has 3 nitrogen and oxygen atoms in total. The predicted octanol–water partition coefficient (Wildman–Crippen LogP) is 4.44. The molecule has 0 aliphatic carbocycles. The van der Waals surface area contributed by atoms with Crippen LogP contribution in [0.3, 0.4) is 0 Å². The number of aryl methyl sites for hydroxylation is 1. The Morgan fingerprint density at radius 3 is 2.65 bits per heavy atom. The summed E-state index contributed by atoms with van der Waals surface area (Å²) < 4.78 is 6.02.